The van der Waals surface area contributed by atoms with E-state index in [1.54, 1.807) is 0 Å². The number of non-ortho nitro benzene ring substituents is 1. The van der Waals surface area contributed by atoms with E-state index in [1.807, 2.05) is 6.07 Å². The molecule has 1 fully saturated rings. The van der Waals surface area contributed by atoms with Crippen LogP contribution in [0.3, 0.4) is 0 Å². The Morgan fingerprint density at radius 1 is 1.07 bits per heavy atom. The van der Waals surface area contributed by atoms with E-state index in [2.05, 4.69) is 0 Å². The molecule has 144 valence electrons. The van der Waals surface area contributed by atoms with Gasteiger partial charge in [-0.25, -0.2) is 8.42 Å². The van der Waals surface area contributed by atoms with Crippen LogP contribution in [0.25, 0.3) is 0 Å². The van der Waals surface area contributed by atoms with Gasteiger partial charge in [0.2, 0.25) is 10.0 Å². The number of nitrogens with zero attached hydrogens (tertiary/aromatic N) is 4. The van der Waals surface area contributed by atoms with Crippen LogP contribution in [0.2, 0.25) is 0 Å². The first-order chi connectivity index (χ1) is 13.3. The standard InChI is InChI=1S/C18H16N4O5S/c19-13-14-4-6-17(7-5-14)28(26,27)21-10-8-20(9-11-21)18(23)15-2-1-3-16(12-15)22(24)25/h1-7,12H,8-11H2. The first-order valence-electron chi connectivity index (χ1n) is 8.37. The SMILES string of the molecule is N#Cc1ccc(S(=O)(=O)N2CCN(C(=O)c3cccc([N+](=O)[O-])c3)CC2)cc1. The number of nitriles is 1. The highest BCUT2D eigenvalue weighted by Crippen LogP contribution is 2.20. The van der Waals surface area contributed by atoms with Gasteiger partial charge >= 0.3 is 0 Å². The van der Waals surface area contributed by atoms with Crippen molar-refractivity contribution in [2.75, 3.05) is 26.2 Å². The van der Waals surface area contributed by atoms with Crippen LogP contribution in [0, 0.1) is 21.4 Å². The maximum Gasteiger partial charge on any atom is 0.270 e. The Labute approximate surface area is 161 Å². The lowest BCUT2D eigenvalue weighted by Crippen LogP contribution is -2.50. The lowest BCUT2D eigenvalue weighted by Gasteiger charge is -2.34. The molecule has 10 heteroatoms. The van der Waals surface area contributed by atoms with E-state index < -0.39 is 14.9 Å². The Kier molecular flexibility index (Phi) is 5.39. The van der Waals surface area contributed by atoms with Gasteiger partial charge in [-0.2, -0.15) is 9.57 Å². The second-order valence-electron chi connectivity index (χ2n) is 6.14. The molecule has 9 nitrogen and oxygen atoms in total. The molecule has 1 aliphatic heterocycles. The van der Waals surface area contributed by atoms with Crippen molar-refractivity contribution in [3.8, 4) is 6.07 Å². The third kappa shape index (κ3) is 3.85. The smallest absolute Gasteiger partial charge is 0.270 e. The Balaban J connectivity index is 1.70. The van der Waals surface area contributed by atoms with Gasteiger partial charge in [-0.15, -0.1) is 0 Å². The fourth-order valence-electron chi connectivity index (χ4n) is 2.92. The fraction of sp³-hybridized carbons (Fsp3) is 0.222. The van der Waals surface area contributed by atoms with Gasteiger partial charge in [0.05, 0.1) is 21.5 Å². The molecule has 28 heavy (non-hydrogen) atoms. The zero-order chi connectivity index (χ0) is 20.3. The Hall–Kier alpha value is -3.29. The summed E-state index contributed by atoms with van der Waals surface area (Å²) in [5, 5.41) is 19.7. The number of benzene rings is 2. The molecular formula is C18H16N4O5S. The molecule has 0 radical (unpaired) electrons. The molecule has 1 heterocycles. The van der Waals surface area contributed by atoms with Crippen molar-refractivity contribution in [1.29, 1.82) is 5.26 Å². The Morgan fingerprint density at radius 2 is 1.71 bits per heavy atom. The maximum absolute atomic E-state index is 12.7. The van der Waals surface area contributed by atoms with Crippen LogP contribution in [-0.2, 0) is 10.0 Å². The largest absolute Gasteiger partial charge is 0.336 e. The minimum atomic E-state index is -3.72. The maximum atomic E-state index is 12.7. The highest BCUT2D eigenvalue weighted by Gasteiger charge is 2.30. The van der Waals surface area contributed by atoms with Crippen LogP contribution >= 0.6 is 0 Å². The average Bonchev–Trinajstić information content (AvgIpc) is 2.73. The summed E-state index contributed by atoms with van der Waals surface area (Å²) in [6, 6.07) is 13.0. The summed E-state index contributed by atoms with van der Waals surface area (Å²) in [6.45, 7) is 0.583. The topological polar surface area (TPSA) is 125 Å². The minimum Gasteiger partial charge on any atom is -0.336 e. The summed E-state index contributed by atoms with van der Waals surface area (Å²) in [6.07, 6.45) is 0. The van der Waals surface area contributed by atoms with E-state index in [0.717, 1.165) is 0 Å². The number of carbonyl (C=O) groups excluding carboxylic acids is 1. The molecular weight excluding hydrogens is 384 g/mol. The Bertz CT molecular complexity index is 1050. The van der Waals surface area contributed by atoms with E-state index in [0.29, 0.717) is 5.56 Å². The van der Waals surface area contributed by atoms with Crippen molar-refractivity contribution in [2.24, 2.45) is 0 Å². The highest BCUT2D eigenvalue weighted by molar-refractivity contribution is 7.89. The number of piperazine rings is 1. The molecule has 1 saturated heterocycles. The summed E-state index contributed by atoms with van der Waals surface area (Å²) in [4.78, 5) is 24.4. The van der Waals surface area contributed by atoms with Crippen LogP contribution in [0.15, 0.2) is 53.4 Å². The average molecular weight is 400 g/mol. The second kappa shape index (κ2) is 7.75. The number of hydrogen-bond acceptors (Lipinski definition) is 6. The summed E-state index contributed by atoms with van der Waals surface area (Å²) in [5.74, 6) is -0.376. The Morgan fingerprint density at radius 3 is 2.29 bits per heavy atom. The number of sulfonamides is 1. The van der Waals surface area contributed by atoms with Gasteiger partial charge in [-0.1, -0.05) is 6.07 Å². The van der Waals surface area contributed by atoms with E-state index in [4.69, 9.17) is 5.26 Å². The fourth-order valence-corrected chi connectivity index (χ4v) is 4.34. The molecule has 0 aliphatic carbocycles. The number of nitro groups is 1. The molecule has 0 aromatic heterocycles. The van der Waals surface area contributed by atoms with Crippen LogP contribution < -0.4 is 0 Å². The zero-order valence-electron chi connectivity index (χ0n) is 14.7. The first kappa shape index (κ1) is 19.5. The zero-order valence-corrected chi connectivity index (χ0v) is 15.5. The number of amides is 1. The molecule has 2 aromatic rings. The number of nitro benzene ring substituents is 1. The van der Waals surface area contributed by atoms with Crippen molar-refractivity contribution in [1.82, 2.24) is 9.21 Å². The van der Waals surface area contributed by atoms with Gasteiger partial charge in [-0.3, -0.25) is 14.9 Å². The van der Waals surface area contributed by atoms with Gasteiger partial charge in [0, 0.05) is 43.9 Å². The number of rotatable bonds is 4. The molecule has 0 saturated carbocycles. The van der Waals surface area contributed by atoms with Gasteiger partial charge in [0.1, 0.15) is 0 Å². The van der Waals surface area contributed by atoms with E-state index in [9.17, 15) is 23.3 Å². The third-order valence-electron chi connectivity index (χ3n) is 4.45. The molecule has 1 aliphatic rings. The summed E-state index contributed by atoms with van der Waals surface area (Å²) in [7, 11) is -3.72. The van der Waals surface area contributed by atoms with E-state index in [1.165, 1.54) is 57.7 Å². The molecule has 1 amide bonds. The molecule has 0 N–H and O–H groups in total. The lowest BCUT2D eigenvalue weighted by atomic mass is 10.1. The lowest BCUT2D eigenvalue weighted by molar-refractivity contribution is -0.384. The summed E-state index contributed by atoms with van der Waals surface area (Å²) in [5.41, 5.74) is 0.386. The van der Waals surface area contributed by atoms with Crippen molar-refractivity contribution in [3.63, 3.8) is 0 Å². The summed E-state index contributed by atoms with van der Waals surface area (Å²) >= 11 is 0. The summed E-state index contributed by atoms with van der Waals surface area (Å²) < 4.78 is 26.7. The van der Waals surface area contributed by atoms with Crippen molar-refractivity contribution >= 4 is 21.6 Å². The molecule has 0 unspecified atom stereocenters. The molecule has 3 rings (SSSR count). The minimum absolute atomic E-state index is 0.0879. The number of hydrogen-bond donors (Lipinski definition) is 0. The van der Waals surface area contributed by atoms with Crippen molar-refractivity contribution < 1.29 is 18.1 Å². The van der Waals surface area contributed by atoms with Gasteiger partial charge in [0.25, 0.3) is 11.6 Å². The van der Waals surface area contributed by atoms with Crippen molar-refractivity contribution in [3.05, 3.63) is 69.8 Å². The predicted octanol–water partition coefficient (Wildman–Crippen LogP) is 1.61. The van der Waals surface area contributed by atoms with Gasteiger partial charge in [0.15, 0.2) is 0 Å². The molecule has 2 aromatic carbocycles. The second-order valence-corrected chi connectivity index (χ2v) is 8.08. The molecule has 0 bridgehead atoms. The predicted molar refractivity (Wildman–Crippen MR) is 98.9 cm³/mol. The van der Waals surface area contributed by atoms with E-state index >= 15 is 0 Å². The quantitative estimate of drug-likeness (QED) is 0.567. The third-order valence-corrected chi connectivity index (χ3v) is 6.36. The molecule has 0 atom stereocenters. The highest BCUT2D eigenvalue weighted by atomic mass is 32.2. The van der Waals surface area contributed by atoms with Crippen LogP contribution in [-0.4, -0.2) is 54.6 Å². The van der Waals surface area contributed by atoms with Crippen molar-refractivity contribution in [2.45, 2.75) is 4.90 Å². The molecule has 0 spiro atoms. The first-order valence-corrected chi connectivity index (χ1v) is 9.81. The van der Waals surface area contributed by atoms with Gasteiger partial charge < -0.3 is 4.90 Å². The number of carbonyl (C=O) groups is 1. The monoisotopic (exact) mass is 400 g/mol. The normalized spacial score (nSPS) is 15.0. The van der Waals surface area contributed by atoms with E-state index in [-0.39, 0.29) is 48.2 Å². The van der Waals surface area contributed by atoms with Crippen LogP contribution in [0.4, 0.5) is 5.69 Å². The van der Waals surface area contributed by atoms with Crippen LogP contribution in [0.1, 0.15) is 15.9 Å². The van der Waals surface area contributed by atoms with Gasteiger partial charge in [-0.05, 0) is 30.3 Å². The van der Waals surface area contributed by atoms with Crippen LogP contribution in [0.5, 0.6) is 0 Å².